The van der Waals surface area contributed by atoms with Gasteiger partial charge in [0, 0.05) is 13.1 Å². The molecule has 6 heteroatoms. The third-order valence-electron chi connectivity index (χ3n) is 5.16. The quantitative estimate of drug-likeness (QED) is 0.690. The maximum atomic E-state index is 12.8. The lowest BCUT2D eigenvalue weighted by atomic mass is 10.1. The molecule has 1 aliphatic rings. The number of carbonyl (C=O) groups is 1. The van der Waals surface area contributed by atoms with E-state index in [9.17, 15) is 4.79 Å². The first-order valence-electron chi connectivity index (χ1n) is 9.74. The van der Waals surface area contributed by atoms with E-state index in [1.807, 2.05) is 30.3 Å². The summed E-state index contributed by atoms with van der Waals surface area (Å²) in [5.74, 6) is 0.120. The summed E-state index contributed by atoms with van der Waals surface area (Å²) < 4.78 is 1.79. The van der Waals surface area contributed by atoms with Gasteiger partial charge in [0.15, 0.2) is 0 Å². The Hall–Kier alpha value is -2.99. The van der Waals surface area contributed by atoms with Crippen LogP contribution in [0.15, 0.2) is 67.3 Å². The van der Waals surface area contributed by atoms with Crippen molar-refractivity contribution in [3.05, 3.63) is 83.9 Å². The number of benzene rings is 2. The summed E-state index contributed by atoms with van der Waals surface area (Å²) in [7, 11) is 0. The van der Waals surface area contributed by atoms with Crippen molar-refractivity contribution in [1.29, 1.82) is 0 Å². The van der Waals surface area contributed by atoms with Gasteiger partial charge in [0.1, 0.15) is 12.7 Å². The lowest BCUT2D eigenvalue weighted by molar-refractivity contribution is -0.125. The summed E-state index contributed by atoms with van der Waals surface area (Å²) in [5, 5.41) is 7.27. The highest BCUT2D eigenvalue weighted by molar-refractivity contribution is 5.82. The predicted molar refractivity (Wildman–Crippen MR) is 107 cm³/mol. The second kappa shape index (κ2) is 8.80. The maximum absolute atomic E-state index is 12.8. The fraction of sp³-hybridized carbons (Fsp3) is 0.318. The average molecular weight is 375 g/mol. The van der Waals surface area contributed by atoms with E-state index in [4.69, 9.17) is 0 Å². The molecule has 6 nitrogen and oxygen atoms in total. The minimum absolute atomic E-state index is 0.0430. The number of hydrogen-bond acceptors (Lipinski definition) is 4. The number of nitrogens with one attached hydrogen (secondary N) is 1. The van der Waals surface area contributed by atoms with Gasteiger partial charge < -0.3 is 5.32 Å². The van der Waals surface area contributed by atoms with E-state index in [0.717, 1.165) is 37.1 Å². The summed E-state index contributed by atoms with van der Waals surface area (Å²) in [6, 6.07) is 18.5. The SMILES string of the molecule is O=C(NCc1cccc(Cn2cncn2)c1)C1CCCN1Cc1ccccc1. The van der Waals surface area contributed by atoms with Gasteiger partial charge in [-0.05, 0) is 36.1 Å². The van der Waals surface area contributed by atoms with Gasteiger partial charge in [0.05, 0.1) is 12.6 Å². The molecule has 1 atom stereocenters. The normalized spacial score (nSPS) is 16.9. The van der Waals surface area contributed by atoms with E-state index in [1.165, 1.54) is 11.9 Å². The monoisotopic (exact) mass is 375 g/mol. The lowest BCUT2D eigenvalue weighted by Gasteiger charge is -2.23. The zero-order valence-electron chi connectivity index (χ0n) is 15.9. The first kappa shape index (κ1) is 18.4. The summed E-state index contributed by atoms with van der Waals surface area (Å²) in [5.41, 5.74) is 3.49. The van der Waals surface area contributed by atoms with Gasteiger partial charge in [0.25, 0.3) is 0 Å². The van der Waals surface area contributed by atoms with E-state index >= 15 is 0 Å². The Morgan fingerprint density at radius 2 is 1.86 bits per heavy atom. The molecular formula is C22H25N5O. The average Bonchev–Trinajstić information content (AvgIpc) is 3.39. The minimum atomic E-state index is -0.0430. The van der Waals surface area contributed by atoms with Crippen LogP contribution in [0.4, 0.5) is 0 Å². The standard InChI is InChI=1S/C22H25N5O/c28-22(21-10-5-11-26(21)14-18-6-2-1-3-7-18)24-13-19-8-4-9-20(12-19)15-27-17-23-16-25-27/h1-4,6-9,12,16-17,21H,5,10-11,13-15H2,(H,24,28). The highest BCUT2D eigenvalue weighted by atomic mass is 16.2. The summed E-state index contributed by atoms with van der Waals surface area (Å²) in [6.45, 7) is 3.02. The molecule has 144 valence electrons. The van der Waals surface area contributed by atoms with E-state index < -0.39 is 0 Å². The van der Waals surface area contributed by atoms with Crippen molar-refractivity contribution in [2.24, 2.45) is 0 Å². The van der Waals surface area contributed by atoms with Gasteiger partial charge >= 0.3 is 0 Å². The summed E-state index contributed by atoms with van der Waals surface area (Å²) >= 11 is 0. The molecule has 3 aromatic rings. The molecule has 4 rings (SSSR count). The van der Waals surface area contributed by atoms with Crippen molar-refractivity contribution < 1.29 is 4.79 Å². The van der Waals surface area contributed by atoms with Crippen molar-refractivity contribution in [2.75, 3.05) is 6.54 Å². The van der Waals surface area contributed by atoms with Crippen LogP contribution < -0.4 is 5.32 Å². The van der Waals surface area contributed by atoms with Crippen LogP contribution in [0.2, 0.25) is 0 Å². The van der Waals surface area contributed by atoms with Crippen molar-refractivity contribution in [3.63, 3.8) is 0 Å². The van der Waals surface area contributed by atoms with Crippen LogP contribution in [0.5, 0.6) is 0 Å². The Balaban J connectivity index is 1.33. The lowest BCUT2D eigenvalue weighted by Crippen LogP contribution is -2.42. The number of carbonyl (C=O) groups excluding carboxylic acids is 1. The summed E-state index contributed by atoms with van der Waals surface area (Å²) in [6.07, 6.45) is 5.23. The van der Waals surface area contributed by atoms with E-state index in [0.29, 0.717) is 13.1 Å². The van der Waals surface area contributed by atoms with E-state index in [2.05, 4.69) is 44.6 Å². The second-order valence-corrected chi connectivity index (χ2v) is 7.24. The maximum Gasteiger partial charge on any atom is 0.237 e. The number of rotatable bonds is 7. The zero-order chi connectivity index (χ0) is 19.2. The Bertz CT molecular complexity index is 894. The van der Waals surface area contributed by atoms with Crippen LogP contribution >= 0.6 is 0 Å². The van der Waals surface area contributed by atoms with Crippen LogP contribution in [0, 0.1) is 0 Å². The molecule has 0 bridgehead atoms. The molecule has 1 aliphatic heterocycles. The highest BCUT2D eigenvalue weighted by Crippen LogP contribution is 2.20. The Morgan fingerprint density at radius 1 is 1.04 bits per heavy atom. The Morgan fingerprint density at radius 3 is 2.68 bits per heavy atom. The summed E-state index contributed by atoms with van der Waals surface area (Å²) in [4.78, 5) is 19.0. The number of hydrogen-bond donors (Lipinski definition) is 1. The van der Waals surface area contributed by atoms with Crippen LogP contribution in [0.3, 0.4) is 0 Å². The van der Waals surface area contributed by atoms with Gasteiger partial charge in [-0.25, -0.2) is 9.67 Å². The number of amides is 1. The highest BCUT2D eigenvalue weighted by Gasteiger charge is 2.30. The third-order valence-corrected chi connectivity index (χ3v) is 5.16. The van der Waals surface area contributed by atoms with Crippen LogP contribution in [0.1, 0.15) is 29.5 Å². The van der Waals surface area contributed by atoms with E-state index in [-0.39, 0.29) is 11.9 Å². The molecular weight excluding hydrogens is 350 g/mol. The van der Waals surface area contributed by atoms with Gasteiger partial charge in [-0.2, -0.15) is 5.10 Å². The van der Waals surface area contributed by atoms with Gasteiger partial charge in [0.2, 0.25) is 5.91 Å². The Labute approximate surface area is 165 Å². The first-order chi connectivity index (χ1) is 13.8. The van der Waals surface area contributed by atoms with Crippen molar-refractivity contribution in [3.8, 4) is 0 Å². The molecule has 1 aromatic heterocycles. The molecule has 0 spiro atoms. The van der Waals surface area contributed by atoms with Gasteiger partial charge in [-0.15, -0.1) is 0 Å². The second-order valence-electron chi connectivity index (χ2n) is 7.24. The fourth-order valence-electron chi connectivity index (χ4n) is 3.78. The first-order valence-corrected chi connectivity index (χ1v) is 9.74. The molecule has 2 aromatic carbocycles. The molecule has 2 heterocycles. The van der Waals surface area contributed by atoms with Gasteiger partial charge in [-0.3, -0.25) is 9.69 Å². The molecule has 1 N–H and O–H groups in total. The number of aromatic nitrogens is 3. The molecule has 0 aliphatic carbocycles. The minimum Gasteiger partial charge on any atom is -0.351 e. The van der Waals surface area contributed by atoms with Crippen LogP contribution in [-0.2, 0) is 24.4 Å². The molecule has 28 heavy (non-hydrogen) atoms. The van der Waals surface area contributed by atoms with Crippen LogP contribution in [0.25, 0.3) is 0 Å². The third kappa shape index (κ3) is 4.64. The molecule has 1 amide bonds. The van der Waals surface area contributed by atoms with Crippen molar-refractivity contribution in [1.82, 2.24) is 25.0 Å². The zero-order valence-corrected chi connectivity index (χ0v) is 15.9. The Kier molecular flexibility index (Phi) is 5.77. The molecule has 0 radical (unpaired) electrons. The van der Waals surface area contributed by atoms with Crippen LogP contribution in [-0.4, -0.2) is 38.2 Å². The fourth-order valence-corrected chi connectivity index (χ4v) is 3.78. The topological polar surface area (TPSA) is 63.1 Å². The number of nitrogens with zero attached hydrogens (tertiary/aromatic N) is 4. The smallest absolute Gasteiger partial charge is 0.237 e. The molecule has 1 fully saturated rings. The van der Waals surface area contributed by atoms with Gasteiger partial charge in [-0.1, -0.05) is 54.6 Å². The molecule has 1 saturated heterocycles. The van der Waals surface area contributed by atoms with E-state index in [1.54, 1.807) is 11.0 Å². The molecule has 0 saturated carbocycles. The molecule has 1 unspecified atom stereocenters. The number of likely N-dealkylation sites (tertiary alicyclic amines) is 1. The van der Waals surface area contributed by atoms with Crippen molar-refractivity contribution >= 4 is 5.91 Å². The van der Waals surface area contributed by atoms with Crippen molar-refractivity contribution in [2.45, 2.75) is 38.5 Å². The largest absolute Gasteiger partial charge is 0.351 e. The predicted octanol–water partition coefficient (Wildman–Crippen LogP) is 2.61.